The number of phenols is 1. The molecule has 1 spiro atoms. The molecular weight excluding hydrogens is 274 g/mol. The molecule has 6 heteroatoms. The van der Waals surface area contributed by atoms with Crippen LogP contribution in [-0.4, -0.2) is 28.0 Å². The van der Waals surface area contributed by atoms with Crippen LogP contribution in [0.2, 0.25) is 0 Å². The summed E-state index contributed by atoms with van der Waals surface area (Å²) in [6.45, 7) is 0. The van der Waals surface area contributed by atoms with Crippen molar-refractivity contribution in [1.82, 2.24) is 0 Å². The predicted molar refractivity (Wildman–Crippen MR) is 73.1 cm³/mol. The highest BCUT2D eigenvalue weighted by Gasteiger charge is 2.53. The predicted octanol–water partition coefficient (Wildman–Crippen LogP) is 1.91. The maximum Gasteiger partial charge on any atom is 0.337 e. The number of nitrogens with zero attached hydrogens (tertiary/aromatic N) is 1. The number of phenolic OH excluding ortho intramolecular Hbond substituents is 1. The van der Waals surface area contributed by atoms with E-state index in [0.717, 1.165) is 23.8 Å². The smallest absolute Gasteiger partial charge is 0.337 e. The molecule has 2 fully saturated rings. The fraction of sp³-hybridized carbons (Fsp3) is 0.400. The van der Waals surface area contributed by atoms with Gasteiger partial charge in [0.05, 0.1) is 16.7 Å². The number of imide groups is 1. The monoisotopic (exact) mass is 289 g/mol. The fourth-order valence-corrected chi connectivity index (χ4v) is 3.37. The zero-order valence-corrected chi connectivity index (χ0v) is 11.3. The topological polar surface area (TPSA) is 94.9 Å². The molecule has 2 amide bonds. The van der Waals surface area contributed by atoms with Crippen LogP contribution >= 0.6 is 0 Å². The lowest BCUT2D eigenvalue weighted by Gasteiger charge is -2.22. The second-order valence-electron chi connectivity index (χ2n) is 5.71. The number of anilines is 1. The molecule has 21 heavy (non-hydrogen) atoms. The van der Waals surface area contributed by atoms with Crippen molar-refractivity contribution in [2.45, 2.75) is 32.1 Å². The minimum atomic E-state index is -1.28. The molecule has 2 N–H and O–H groups in total. The van der Waals surface area contributed by atoms with Crippen LogP contribution in [0.4, 0.5) is 5.69 Å². The quantitative estimate of drug-likeness (QED) is 0.811. The first-order chi connectivity index (χ1) is 9.94. The van der Waals surface area contributed by atoms with Crippen LogP contribution in [0.15, 0.2) is 18.2 Å². The molecule has 1 aliphatic carbocycles. The van der Waals surface area contributed by atoms with E-state index in [1.165, 1.54) is 12.1 Å². The first kappa shape index (κ1) is 13.6. The standard InChI is InChI=1S/C15H15NO5/c17-9-3-4-11(10(7-9)13(19)20)16-12(18)8-15(14(16)21)5-1-2-6-15/h3-4,7,17H,1-2,5-6,8H2,(H,19,20). The molecule has 1 saturated heterocycles. The number of hydrogen-bond acceptors (Lipinski definition) is 4. The lowest BCUT2D eigenvalue weighted by molar-refractivity contribution is -0.125. The molecule has 110 valence electrons. The molecule has 1 heterocycles. The average molecular weight is 289 g/mol. The zero-order valence-electron chi connectivity index (χ0n) is 11.3. The van der Waals surface area contributed by atoms with Crippen molar-refractivity contribution >= 4 is 23.5 Å². The number of hydrogen-bond donors (Lipinski definition) is 2. The van der Waals surface area contributed by atoms with Crippen molar-refractivity contribution in [1.29, 1.82) is 0 Å². The van der Waals surface area contributed by atoms with Crippen LogP contribution in [0.1, 0.15) is 42.5 Å². The van der Waals surface area contributed by atoms with E-state index in [2.05, 4.69) is 0 Å². The number of carbonyl (C=O) groups is 3. The minimum absolute atomic E-state index is 0.0408. The Kier molecular flexibility index (Phi) is 2.97. The lowest BCUT2D eigenvalue weighted by Crippen LogP contribution is -2.35. The number of carboxylic acids is 1. The number of aromatic carboxylic acids is 1. The van der Waals surface area contributed by atoms with Gasteiger partial charge in [-0.05, 0) is 31.0 Å². The number of rotatable bonds is 2. The first-order valence-electron chi connectivity index (χ1n) is 6.88. The second kappa shape index (κ2) is 4.58. The van der Waals surface area contributed by atoms with Crippen LogP contribution in [0.5, 0.6) is 5.75 Å². The molecular formula is C15H15NO5. The van der Waals surface area contributed by atoms with Gasteiger partial charge in [0.25, 0.3) is 0 Å². The Bertz CT molecular complexity index is 645. The Morgan fingerprint density at radius 2 is 1.86 bits per heavy atom. The molecule has 1 saturated carbocycles. The van der Waals surface area contributed by atoms with Gasteiger partial charge in [0, 0.05) is 6.42 Å². The van der Waals surface area contributed by atoms with E-state index in [0.29, 0.717) is 12.8 Å². The van der Waals surface area contributed by atoms with Gasteiger partial charge in [0.1, 0.15) is 5.75 Å². The number of benzene rings is 1. The first-order valence-corrected chi connectivity index (χ1v) is 6.88. The van der Waals surface area contributed by atoms with Crippen molar-refractivity contribution in [2.75, 3.05) is 4.90 Å². The number of carbonyl (C=O) groups excluding carboxylic acids is 2. The third-order valence-corrected chi connectivity index (χ3v) is 4.41. The molecule has 6 nitrogen and oxygen atoms in total. The fourth-order valence-electron chi connectivity index (χ4n) is 3.37. The summed E-state index contributed by atoms with van der Waals surface area (Å²) in [5.74, 6) is -2.17. The molecule has 0 atom stereocenters. The molecule has 1 aromatic rings. The summed E-state index contributed by atoms with van der Waals surface area (Å²) in [6.07, 6.45) is 3.32. The van der Waals surface area contributed by atoms with Gasteiger partial charge in [0.15, 0.2) is 0 Å². The van der Waals surface area contributed by atoms with Crippen LogP contribution in [0.25, 0.3) is 0 Å². The second-order valence-corrected chi connectivity index (χ2v) is 5.71. The van der Waals surface area contributed by atoms with Crippen molar-refractivity contribution in [2.24, 2.45) is 5.41 Å². The number of aromatic hydroxyl groups is 1. The molecule has 3 rings (SSSR count). The lowest BCUT2D eigenvalue weighted by atomic mass is 9.84. The molecule has 0 aromatic heterocycles. The molecule has 0 bridgehead atoms. The summed E-state index contributed by atoms with van der Waals surface area (Å²) in [5, 5.41) is 18.6. The summed E-state index contributed by atoms with van der Waals surface area (Å²) < 4.78 is 0. The third kappa shape index (κ3) is 1.98. The van der Waals surface area contributed by atoms with Gasteiger partial charge in [-0.25, -0.2) is 9.69 Å². The summed E-state index contributed by atoms with van der Waals surface area (Å²) in [4.78, 5) is 37.2. The van der Waals surface area contributed by atoms with Gasteiger partial charge >= 0.3 is 5.97 Å². The van der Waals surface area contributed by atoms with E-state index in [1.54, 1.807) is 0 Å². The Morgan fingerprint density at radius 3 is 2.48 bits per heavy atom. The summed E-state index contributed by atoms with van der Waals surface area (Å²) in [6, 6.07) is 3.64. The van der Waals surface area contributed by atoms with Gasteiger partial charge < -0.3 is 10.2 Å². The van der Waals surface area contributed by atoms with Gasteiger partial charge in [-0.1, -0.05) is 12.8 Å². The van der Waals surface area contributed by atoms with Crippen LogP contribution < -0.4 is 4.90 Å². The number of amides is 2. The highest BCUT2D eigenvalue weighted by Crippen LogP contribution is 2.48. The van der Waals surface area contributed by atoms with Gasteiger partial charge in [-0.15, -0.1) is 0 Å². The summed E-state index contributed by atoms with van der Waals surface area (Å²) in [5.41, 5.74) is -0.851. The third-order valence-electron chi connectivity index (χ3n) is 4.41. The van der Waals surface area contributed by atoms with Crippen LogP contribution in [0.3, 0.4) is 0 Å². The van der Waals surface area contributed by atoms with E-state index in [4.69, 9.17) is 0 Å². The van der Waals surface area contributed by atoms with Crippen LogP contribution in [0, 0.1) is 5.41 Å². The van der Waals surface area contributed by atoms with E-state index in [1.807, 2.05) is 0 Å². The largest absolute Gasteiger partial charge is 0.508 e. The highest BCUT2D eigenvalue weighted by molar-refractivity contribution is 6.24. The average Bonchev–Trinajstić information content (AvgIpc) is 2.98. The van der Waals surface area contributed by atoms with E-state index in [-0.39, 0.29) is 35.2 Å². The van der Waals surface area contributed by atoms with Crippen molar-refractivity contribution in [3.05, 3.63) is 23.8 Å². The summed E-state index contributed by atoms with van der Waals surface area (Å²) >= 11 is 0. The van der Waals surface area contributed by atoms with Crippen molar-refractivity contribution < 1.29 is 24.6 Å². The molecule has 0 radical (unpaired) electrons. The Hall–Kier alpha value is -2.37. The Labute approximate surface area is 121 Å². The SMILES string of the molecule is O=C(O)c1cc(O)ccc1N1C(=O)CC2(CCCC2)C1=O. The van der Waals surface area contributed by atoms with Crippen molar-refractivity contribution in [3.63, 3.8) is 0 Å². The van der Waals surface area contributed by atoms with Crippen LogP contribution in [-0.2, 0) is 9.59 Å². The molecule has 1 aliphatic heterocycles. The van der Waals surface area contributed by atoms with Gasteiger partial charge in [-0.3, -0.25) is 9.59 Å². The minimum Gasteiger partial charge on any atom is -0.508 e. The van der Waals surface area contributed by atoms with E-state index in [9.17, 15) is 24.6 Å². The van der Waals surface area contributed by atoms with Crippen molar-refractivity contribution in [3.8, 4) is 5.75 Å². The molecule has 2 aliphatic rings. The zero-order chi connectivity index (χ0) is 15.2. The Morgan fingerprint density at radius 1 is 1.19 bits per heavy atom. The summed E-state index contributed by atoms with van der Waals surface area (Å²) in [7, 11) is 0. The molecule has 0 unspecified atom stereocenters. The van der Waals surface area contributed by atoms with E-state index < -0.39 is 11.4 Å². The Balaban J connectivity index is 2.07. The highest BCUT2D eigenvalue weighted by atomic mass is 16.4. The van der Waals surface area contributed by atoms with Gasteiger partial charge in [0.2, 0.25) is 11.8 Å². The maximum atomic E-state index is 12.6. The maximum absolute atomic E-state index is 12.6. The van der Waals surface area contributed by atoms with E-state index >= 15 is 0 Å². The van der Waals surface area contributed by atoms with Gasteiger partial charge in [-0.2, -0.15) is 0 Å². The normalized spacial score (nSPS) is 20.5. The molecule has 1 aromatic carbocycles. The number of carboxylic acid groups (broad SMARTS) is 1.